The van der Waals surface area contributed by atoms with Crippen molar-refractivity contribution in [3.05, 3.63) is 41.0 Å². The second-order valence-corrected chi connectivity index (χ2v) is 7.85. The number of nitriles is 1. The fourth-order valence-electron chi connectivity index (χ4n) is 1.55. The first kappa shape index (κ1) is 16.8. The Morgan fingerprint density at radius 2 is 1.96 bits per heavy atom. The Labute approximate surface area is 137 Å². The van der Waals surface area contributed by atoms with Crippen molar-refractivity contribution in [1.29, 1.82) is 5.26 Å². The highest BCUT2D eigenvalue weighted by Gasteiger charge is 2.17. The maximum Gasteiger partial charge on any atom is 0.268 e. The fourth-order valence-corrected chi connectivity index (χ4v) is 3.06. The molecule has 7 nitrogen and oxygen atoms in total. The molecule has 1 aromatic heterocycles. The lowest BCUT2D eigenvalue weighted by atomic mass is 10.1. The lowest BCUT2D eigenvalue weighted by Gasteiger charge is -2.00. The summed E-state index contributed by atoms with van der Waals surface area (Å²) in [6.45, 7) is 1.93. The minimum Gasteiger partial charge on any atom is -0.296 e. The van der Waals surface area contributed by atoms with Gasteiger partial charge in [-0.3, -0.25) is 10.1 Å². The Hall–Kier alpha value is -2.57. The molecule has 0 radical (unpaired) electrons. The average molecular weight is 348 g/mol. The molecule has 1 aromatic carbocycles. The van der Waals surface area contributed by atoms with Crippen molar-refractivity contribution in [3.63, 3.8) is 0 Å². The van der Waals surface area contributed by atoms with Crippen LogP contribution in [0, 0.1) is 18.3 Å². The smallest absolute Gasteiger partial charge is 0.268 e. The van der Waals surface area contributed by atoms with Crippen molar-refractivity contribution < 1.29 is 13.2 Å². The van der Waals surface area contributed by atoms with Gasteiger partial charge in [0.15, 0.2) is 0 Å². The van der Waals surface area contributed by atoms with Crippen LogP contribution in [0.3, 0.4) is 0 Å². The monoisotopic (exact) mass is 348 g/mol. The van der Waals surface area contributed by atoms with Gasteiger partial charge in [0.2, 0.25) is 19.3 Å². The Bertz CT molecular complexity index is 906. The molecule has 2 rings (SSSR count). The number of carbonyl (C=O) groups excluding carboxylic acids is 1. The van der Waals surface area contributed by atoms with Crippen LogP contribution in [0.25, 0.3) is 6.08 Å². The molecular weight excluding hydrogens is 336 g/mol. The first-order valence-electron chi connectivity index (χ1n) is 6.33. The molecule has 1 heterocycles. The second kappa shape index (κ2) is 6.68. The number of amides is 1. The van der Waals surface area contributed by atoms with Crippen LogP contribution in [0.4, 0.5) is 5.13 Å². The van der Waals surface area contributed by atoms with Gasteiger partial charge in [-0.1, -0.05) is 41.2 Å². The number of carbonyl (C=O) groups is 1. The van der Waals surface area contributed by atoms with Gasteiger partial charge >= 0.3 is 0 Å². The number of nitrogens with zero attached hydrogens (tertiary/aromatic N) is 3. The minimum absolute atomic E-state index is 0.0143. The zero-order chi connectivity index (χ0) is 17.0. The molecule has 0 spiro atoms. The van der Waals surface area contributed by atoms with E-state index < -0.39 is 15.7 Å². The predicted molar refractivity (Wildman–Crippen MR) is 86.4 cm³/mol. The quantitative estimate of drug-likeness (QED) is 0.512. The summed E-state index contributed by atoms with van der Waals surface area (Å²) in [6.07, 6.45) is 2.43. The standard InChI is InChI=1S/C14H12N4O3S2/c1-9-3-5-10(6-4-9)7-11(8-15)12(19)16-13-17-18-14(22-13)23(2,20)21/h3-7H,1-2H3,(H,16,17,19). The first-order chi connectivity index (χ1) is 10.8. The minimum atomic E-state index is -3.48. The molecule has 0 atom stereocenters. The zero-order valence-corrected chi connectivity index (χ0v) is 13.9. The van der Waals surface area contributed by atoms with E-state index in [1.807, 2.05) is 25.1 Å². The van der Waals surface area contributed by atoms with Gasteiger partial charge in [-0.25, -0.2) is 8.42 Å². The van der Waals surface area contributed by atoms with E-state index in [9.17, 15) is 13.2 Å². The molecule has 0 aliphatic heterocycles. The molecular formula is C14H12N4O3S2. The lowest BCUT2D eigenvalue weighted by Crippen LogP contribution is -2.13. The predicted octanol–water partition coefficient (Wildman–Crippen LogP) is 1.80. The number of anilines is 1. The Kier molecular flexibility index (Phi) is 4.88. The zero-order valence-electron chi connectivity index (χ0n) is 12.3. The van der Waals surface area contributed by atoms with Crippen LogP contribution in [0.2, 0.25) is 0 Å². The number of nitrogens with one attached hydrogen (secondary N) is 1. The Balaban J connectivity index is 2.19. The fraction of sp³-hybridized carbons (Fsp3) is 0.143. The molecule has 0 aliphatic rings. The number of benzene rings is 1. The molecule has 0 bridgehead atoms. The highest BCUT2D eigenvalue weighted by molar-refractivity contribution is 7.92. The van der Waals surface area contributed by atoms with Crippen molar-refractivity contribution in [2.45, 2.75) is 11.3 Å². The van der Waals surface area contributed by atoms with Crippen molar-refractivity contribution >= 4 is 38.3 Å². The third-order valence-corrected chi connectivity index (χ3v) is 5.21. The highest BCUT2D eigenvalue weighted by Crippen LogP contribution is 2.20. The molecule has 0 saturated carbocycles. The normalized spacial score (nSPS) is 11.8. The lowest BCUT2D eigenvalue weighted by molar-refractivity contribution is -0.112. The molecule has 0 fully saturated rings. The van der Waals surface area contributed by atoms with Gasteiger partial charge in [0.1, 0.15) is 11.6 Å². The third-order valence-electron chi connectivity index (χ3n) is 2.70. The number of hydrogen-bond acceptors (Lipinski definition) is 7. The summed E-state index contributed by atoms with van der Waals surface area (Å²) in [5.74, 6) is -0.677. The Morgan fingerprint density at radius 3 is 2.48 bits per heavy atom. The third kappa shape index (κ3) is 4.45. The van der Waals surface area contributed by atoms with Crippen LogP contribution in [0.15, 0.2) is 34.2 Å². The average Bonchev–Trinajstić information content (AvgIpc) is 2.95. The molecule has 0 saturated heterocycles. The van der Waals surface area contributed by atoms with Crippen molar-refractivity contribution in [3.8, 4) is 6.07 Å². The van der Waals surface area contributed by atoms with E-state index in [2.05, 4.69) is 15.5 Å². The van der Waals surface area contributed by atoms with E-state index in [0.717, 1.165) is 23.2 Å². The summed E-state index contributed by atoms with van der Waals surface area (Å²) >= 11 is 0.726. The van der Waals surface area contributed by atoms with Crippen molar-refractivity contribution in [2.24, 2.45) is 0 Å². The highest BCUT2D eigenvalue weighted by atomic mass is 32.2. The molecule has 9 heteroatoms. The van der Waals surface area contributed by atoms with Gasteiger partial charge in [0.25, 0.3) is 5.91 Å². The number of aryl methyl sites for hydroxylation is 1. The number of rotatable bonds is 4. The van der Waals surface area contributed by atoms with Crippen LogP contribution in [0.1, 0.15) is 11.1 Å². The Morgan fingerprint density at radius 1 is 1.30 bits per heavy atom. The SMILES string of the molecule is Cc1ccc(C=C(C#N)C(=O)Nc2nnc(S(C)(=O)=O)s2)cc1. The van der Waals surface area contributed by atoms with Crippen molar-refractivity contribution in [2.75, 3.05) is 11.6 Å². The summed E-state index contributed by atoms with van der Waals surface area (Å²) in [7, 11) is -3.48. The largest absolute Gasteiger partial charge is 0.296 e. The maximum absolute atomic E-state index is 12.1. The van der Waals surface area contributed by atoms with Gasteiger partial charge in [0.05, 0.1) is 0 Å². The van der Waals surface area contributed by atoms with E-state index in [-0.39, 0.29) is 15.0 Å². The van der Waals surface area contributed by atoms with Crippen LogP contribution >= 0.6 is 11.3 Å². The van der Waals surface area contributed by atoms with Crippen LogP contribution in [-0.4, -0.2) is 30.8 Å². The number of aromatic nitrogens is 2. The van der Waals surface area contributed by atoms with Crippen molar-refractivity contribution in [1.82, 2.24) is 10.2 Å². The molecule has 118 valence electrons. The summed E-state index contributed by atoms with van der Waals surface area (Å²) in [5.41, 5.74) is 1.65. The van der Waals surface area contributed by atoms with Crippen LogP contribution < -0.4 is 5.32 Å². The first-order valence-corrected chi connectivity index (χ1v) is 9.04. The van der Waals surface area contributed by atoms with Gasteiger partial charge in [-0.15, -0.1) is 10.2 Å². The van der Waals surface area contributed by atoms with Gasteiger partial charge in [-0.05, 0) is 18.6 Å². The summed E-state index contributed by atoms with van der Waals surface area (Å²) in [4.78, 5) is 12.1. The number of hydrogen-bond donors (Lipinski definition) is 1. The van der Waals surface area contributed by atoms with E-state index >= 15 is 0 Å². The maximum atomic E-state index is 12.1. The molecule has 1 amide bonds. The number of sulfone groups is 1. The summed E-state index contributed by atoms with van der Waals surface area (Å²) in [5, 5.41) is 18.6. The second-order valence-electron chi connectivity index (χ2n) is 4.68. The van der Waals surface area contributed by atoms with Gasteiger partial charge in [-0.2, -0.15) is 5.26 Å². The molecule has 0 unspecified atom stereocenters. The topological polar surface area (TPSA) is 113 Å². The van der Waals surface area contributed by atoms with Gasteiger partial charge in [0, 0.05) is 6.26 Å². The van der Waals surface area contributed by atoms with Gasteiger partial charge < -0.3 is 0 Å². The van der Waals surface area contributed by atoms with E-state index in [4.69, 9.17) is 5.26 Å². The van der Waals surface area contributed by atoms with E-state index in [1.54, 1.807) is 12.1 Å². The summed E-state index contributed by atoms with van der Waals surface area (Å²) < 4.78 is 22.4. The molecule has 2 aromatic rings. The summed E-state index contributed by atoms with van der Waals surface area (Å²) in [6, 6.07) is 9.10. The van der Waals surface area contributed by atoms with Crippen LogP contribution in [-0.2, 0) is 14.6 Å². The molecule has 1 N–H and O–H groups in total. The van der Waals surface area contributed by atoms with E-state index in [0.29, 0.717) is 5.56 Å². The molecule has 0 aliphatic carbocycles. The van der Waals surface area contributed by atoms with E-state index in [1.165, 1.54) is 6.08 Å². The molecule has 23 heavy (non-hydrogen) atoms. The van der Waals surface area contributed by atoms with Crippen LogP contribution in [0.5, 0.6) is 0 Å².